The Balaban J connectivity index is 3.12. The van der Waals surface area contributed by atoms with Crippen LogP contribution in [0.5, 0.6) is 0 Å². The first-order valence-electron chi connectivity index (χ1n) is 4.56. The summed E-state index contributed by atoms with van der Waals surface area (Å²) >= 11 is 0. The van der Waals surface area contributed by atoms with Gasteiger partial charge < -0.3 is 4.84 Å². The fourth-order valence-corrected chi connectivity index (χ4v) is 1.46. The molecule has 0 spiro atoms. The second kappa shape index (κ2) is 4.07. The predicted octanol–water partition coefficient (Wildman–Crippen LogP) is 2.30. The summed E-state index contributed by atoms with van der Waals surface area (Å²) in [7, 11) is 0. The van der Waals surface area contributed by atoms with E-state index in [1.165, 1.54) is 0 Å². The summed E-state index contributed by atoms with van der Waals surface area (Å²) in [5.41, 5.74) is 0.890. The molecule has 0 saturated carbocycles. The van der Waals surface area contributed by atoms with Gasteiger partial charge >= 0.3 is 0 Å². The van der Waals surface area contributed by atoms with E-state index in [1.54, 1.807) is 19.1 Å². The zero-order valence-corrected chi connectivity index (χ0v) is 8.80. The van der Waals surface area contributed by atoms with E-state index >= 15 is 0 Å². The van der Waals surface area contributed by atoms with Gasteiger partial charge in [0.25, 0.3) is 0 Å². The Hall–Kier alpha value is -0.930. The van der Waals surface area contributed by atoms with Crippen molar-refractivity contribution in [2.24, 2.45) is 5.90 Å². The lowest BCUT2D eigenvalue weighted by Crippen LogP contribution is -2.27. The largest absolute Gasteiger partial charge is 0.304 e. The molecule has 2 nitrogen and oxygen atoms in total. The Labute approximate surface area is 83.8 Å². The fourth-order valence-electron chi connectivity index (χ4n) is 1.46. The summed E-state index contributed by atoms with van der Waals surface area (Å²) in [6.07, 6.45) is 0. The van der Waals surface area contributed by atoms with Gasteiger partial charge in [0.2, 0.25) is 0 Å². The van der Waals surface area contributed by atoms with Crippen molar-refractivity contribution in [1.82, 2.24) is 0 Å². The van der Waals surface area contributed by atoms with Crippen molar-refractivity contribution in [1.29, 1.82) is 0 Å². The van der Waals surface area contributed by atoms with Gasteiger partial charge in [-0.2, -0.15) is 0 Å². The molecular weight excluding hydrogens is 181 g/mol. The predicted molar refractivity (Wildman–Crippen MR) is 54.3 cm³/mol. The van der Waals surface area contributed by atoms with E-state index in [-0.39, 0.29) is 5.82 Å². The van der Waals surface area contributed by atoms with Crippen molar-refractivity contribution in [3.05, 3.63) is 35.1 Å². The van der Waals surface area contributed by atoms with E-state index in [0.29, 0.717) is 17.7 Å². The average Bonchev–Trinajstić information content (AvgIpc) is 2.09. The third-order valence-electron chi connectivity index (χ3n) is 2.37. The van der Waals surface area contributed by atoms with Crippen molar-refractivity contribution in [3.8, 4) is 0 Å². The minimum atomic E-state index is -0.398. The first kappa shape index (κ1) is 11.1. The molecule has 14 heavy (non-hydrogen) atoms. The molecule has 78 valence electrons. The first-order chi connectivity index (χ1) is 6.49. The maximum absolute atomic E-state index is 13.7. The molecule has 0 bridgehead atoms. The van der Waals surface area contributed by atoms with Crippen molar-refractivity contribution in [2.75, 3.05) is 6.61 Å². The van der Waals surface area contributed by atoms with Crippen molar-refractivity contribution < 1.29 is 9.23 Å². The molecular formula is C11H16FNO. The van der Waals surface area contributed by atoms with E-state index in [1.807, 2.05) is 19.9 Å². The van der Waals surface area contributed by atoms with Crippen molar-refractivity contribution in [3.63, 3.8) is 0 Å². The van der Waals surface area contributed by atoms with Crippen molar-refractivity contribution in [2.45, 2.75) is 26.2 Å². The summed E-state index contributed by atoms with van der Waals surface area (Å²) in [6, 6.07) is 5.35. The van der Waals surface area contributed by atoms with Gasteiger partial charge in [0.15, 0.2) is 0 Å². The lowest BCUT2D eigenvalue weighted by atomic mass is 9.84. The summed E-state index contributed by atoms with van der Waals surface area (Å²) in [5, 5.41) is 0. The van der Waals surface area contributed by atoms with E-state index in [4.69, 9.17) is 5.90 Å². The van der Waals surface area contributed by atoms with E-state index in [9.17, 15) is 4.39 Å². The molecule has 1 aromatic carbocycles. The number of hydrogen-bond acceptors (Lipinski definition) is 2. The van der Waals surface area contributed by atoms with Gasteiger partial charge in [-0.3, -0.25) is 0 Å². The highest BCUT2D eigenvalue weighted by Gasteiger charge is 2.24. The van der Waals surface area contributed by atoms with Crippen molar-refractivity contribution >= 4 is 0 Å². The van der Waals surface area contributed by atoms with Crippen LogP contribution in [0.3, 0.4) is 0 Å². The topological polar surface area (TPSA) is 35.2 Å². The Kier molecular flexibility index (Phi) is 3.24. The molecule has 0 heterocycles. The second-order valence-corrected chi connectivity index (χ2v) is 4.13. The maximum Gasteiger partial charge on any atom is 0.129 e. The number of nitrogens with two attached hydrogens (primary N) is 1. The van der Waals surface area contributed by atoms with Gasteiger partial charge in [-0.05, 0) is 18.1 Å². The highest BCUT2D eigenvalue weighted by Crippen LogP contribution is 2.27. The van der Waals surface area contributed by atoms with Crippen LogP contribution in [0, 0.1) is 12.7 Å². The van der Waals surface area contributed by atoms with Gasteiger partial charge in [0.05, 0.1) is 6.61 Å². The third kappa shape index (κ3) is 2.11. The number of aryl methyl sites for hydroxylation is 1. The number of hydrogen-bond donors (Lipinski definition) is 1. The average molecular weight is 197 g/mol. The van der Waals surface area contributed by atoms with Crippen LogP contribution in [-0.4, -0.2) is 6.61 Å². The van der Waals surface area contributed by atoms with Crippen LogP contribution in [0.2, 0.25) is 0 Å². The standard InChI is InChI=1S/C11H16FNO/c1-8-5-4-6-9(10(8)12)11(2,3)7-14-13/h4-6H,7,13H2,1-3H3. The Morgan fingerprint density at radius 3 is 2.64 bits per heavy atom. The fraction of sp³-hybridized carbons (Fsp3) is 0.455. The van der Waals surface area contributed by atoms with Crippen LogP contribution in [-0.2, 0) is 10.3 Å². The molecule has 0 unspecified atom stereocenters. The minimum Gasteiger partial charge on any atom is -0.304 e. The summed E-state index contributed by atoms with van der Waals surface area (Å²) in [4.78, 5) is 4.59. The molecule has 0 aliphatic carbocycles. The first-order valence-corrected chi connectivity index (χ1v) is 4.56. The number of rotatable bonds is 3. The van der Waals surface area contributed by atoms with Gasteiger partial charge in [-0.1, -0.05) is 32.0 Å². The summed E-state index contributed by atoms with van der Waals surface area (Å²) in [5.74, 6) is 4.85. The van der Waals surface area contributed by atoms with Crippen LogP contribution in [0.15, 0.2) is 18.2 Å². The molecule has 3 heteroatoms. The van der Waals surface area contributed by atoms with E-state index < -0.39 is 5.41 Å². The minimum absolute atomic E-state index is 0.172. The molecule has 0 aromatic heterocycles. The normalized spacial score (nSPS) is 11.8. The Morgan fingerprint density at radius 1 is 1.43 bits per heavy atom. The quantitative estimate of drug-likeness (QED) is 0.754. The van der Waals surface area contributed by atoms with Crippen LogP contribution < -0.4 is 5.90 Å². The smallest absolute Gasteiger partial charge is 0.129 e. The highest BCUT2D eigenvalue weighted by atomic mass is 19.1. The summed E-state index contributed by atoms with van der Waals surface area (Å²) < 4.78 is 13.7. The number of benzene rings is 1. The lowest BCUT2D eigenvalue weighted by Gasteiger charge is -2.24. The third-order valence-corrected chi connectivity index (χ3v) is 2.37. The van der Waals surface area contributed by atoms with Crippen LogP contribution in [0.4, 0.5) is 4.39 Å². The molecule has 1 rings (SSSR count). The monoisotopic (exact) mass is 197 g/mol. The lowest BCUT2D eigenvalue weighted by molar-refractivity contribution is 0.0950. The molecule has 2 N–H and O–H groups in total. The van der Waals surface area contributed by atoms with Crippen LogP contribution >= 0.6 is 0 Å². The molecule has 0 radical (unpaired) electrons. The zero-order valence-electron chi connectivity index (χ0n) is 8.80. The molecule has 0 atom stereocenters. The Morgan fingerprint density at radius 2 is 2.07 bits per heavy atom. The van der Waals surface area contributed by atoms with Gasteiger partial charge in [-0.15, -0.1) is 0 Å². The van der Waals surface area contributed by atoms with Crippen LogP contribution in [0.1, 0.15) is 25.0 Å². The zero-order chi connectivity index (χ0) is 10.8. The highest BCUT2D eigenvalue weighted by molar-refractivity contribution is 5.30. The van der Waals surface area contributed by atoms with Gasteiger partial charge in [-0.25, -0.2) is 10.3 Å². The van der Waals surface area contributed by atoms with Crippen LogP contribution in [0.25, 0.3) is 0 Å². The maximum atomic E-state index is 13.7. The molecule has 0 saturated heterocycles. The number of halogens is 1. The second-order valence-electron chi connectivity index (χ2n) is 4.13. The van der Waals surface area contributed by atoms with Gasteiger partial charge in [0, 0.05) is 5.41 Å². The summed E-state index contributed by atoms with van der Waals surface area (Å²) in [6.45, 7) is 5.85. The molecule has 0 aliphatic rings. The Bertz CT molecular complexity index is 323. The SMILES string of the molecule is Cc1cccc(C(C)(C)CON)c1F. The van der Waals surface area contributed by atoms with Gasteiger partial charge in [0.1, 0.15) is 5.82 Å². The molecule has 0 amide bonds. The van der Waals surface area contributed by atoms with E-state index in [0.717, 1.165) is 0 Å². The molecule has 0 fully saturated rings. The molecule has 1 aromatic rings. The molecule has 0 aliphatic heterocycles. The van der Waals surface area contributed by atoms with E-state index in [2.05, 4.69) is 4.84 Å².